The third kappa shape index (κ3) is 5.18. The summed E-state index contributed by atoms with van der Waals surface area (Å²) in [7, 11) is -2.62. The molecule has 2 atom stereocenters. The van der Waals surface area contributed by atoms with Crippen LogP contribution in [-0.2, 0) is 10.0 Å². The quantitative estimate of drug-likeness (QED) is 0.462. The maximum Gasteiger partial charge on any atom is 0.335 e. The highest BCUT2D eigenvalue weighted by Gasteiger charge is 2.28. The molecule has 0 saturated carbocycles. The zero-order valence-corrected chi connectivity index (χ0v) is 20.6. The Hall–Kier alpha value is -3.11. The van der Waals surface area contributed by atoms with Crippen molar-refractivity contribution in [1.29, 1.82) is 0 Å². The maximum atomic E-state index is 13.0. The van der Waals surface area contributed by atoms with Gasteiger partial charge in [0.05, 0.1) is 18.4 Å². The van der Waals surface area contributed by atoms with E-state index >= 15 is 0 Å². The van der Waals surface area contributed by atoms with Crippen LogP contribution in [0.15, 0.2) is 58.9 Å². The highest BCUT2D eigenvalue weighted by molar-refractivity contribution is 7.92. The zero-order valence-electron chi connectivity index (χ0n) is 19.0. The number of hydrogen-bond donors (Lipinski definition) is 2. The third-order valence-corrected chi connectivity index (χ3v) is 8.50. The Bertz CT molecular complexity index is 1260. The van der Waals surface area contributed by atoms with Crippen molar-refractivity contribution in [1.82, 2.24) is 4.98 Å². The first kappa shape index (κ1) is 24.0. The van der Waals surface area contributed by atoms with Gasteiger partial charge in [-0.05, 0) is 48.4 Å². The summed E-state index contributed by atoms with van der Waals surface area (Å²) in [6.07, 6.45) is 2.14. The van der Waals surface area contributed by atoms with Crippen molar-refractivity contribution in [3.8, 4) is 5.75 Å². The van der Waals surface area contributed by atoms with E-state index in [9.17, 15) is 13.2 Å². The van der Waals surface area contributed by atoms with Crippen LogP contribution in [0.4, 0.5) is 10.8 Å². The molecule has 2 heterocycles. The maximum absolute atomic E-state index is 13.0. The van der Waals surface area contributed by atoms with E-state index in [0.717, 1.165) is 25.9 Å². The number of aromatic nitrogens is 1. The number of ether oxygens (including phenoxy) is 1. The summed E-state index contributed by atoms with van der Waals surface area (Å²) in [4.78, 5) is 17.8. The summed E-state index contributed by atoms with van der Waals surface area (Å²) in [5.41, 5.74) is 1.46. The number of anilines is 2. The average molecular weight is 502 g/mol. The molecule has 0 bridgehead atoms. The van der Waals surface area contributed by atoms with Crippen molar-refractivity contribution in [2.45, 2.75) is 30.7 Å². The number of nitrogens with one attached hydrogen (secondary N) is 1. The topological polar surface area (TPSA) is 109 Å². The Morgan fingerprint density at radius 3 is 2.74 bits per heavy atom. The number of nitrogens with zero attached hydrogens (tertiary/aromatic N) is 2. The molecule has 10 heteroatoms. The van der Waals surface area contributed by atoms with Gasteiger partial charge in [-0.1, -0.05) is 37.3 Å². The largest absolute Gasteiger partial charge is 0.495 e. The van der Waals surface area contributed by atoms with Crippen LogP contribution in [0.25, 0.3) is 0 Å². The number of piperidine rings is 1. The minimum atomic E-state index is -3.97. The second-order valence-electron chi connectivity index (χ2n) is 8.34. The van der Waals surface area contributed by atoms with Crippen molar-refractivity contribution >= 4 is 38.1 Å². The molecule has 1 saturated heterocycles. The number of aromatic carboxylic acids is 1. The van der Waals surface area contributed by atoms with E-state index in [1.54, 1.807) is 0 Å². The van der Waals surface area contributed by atoms with Crippen LogP contribution in [0, 0.1) is 5.92 Å². The van der Waals surface area contributed by atoms with Gasteiger partial charge in [0.2, 0.25) is 0 Å². The van der Waals surface area contributed by atoms with Crippen molar-refractivity contribution in [2.75, 3.05) is 29.8 Å². The number of rotatable bonds is 8. The number of thiazole rings is 1. The molecule has 4 rings (SSSR count). The smallest absolute Gasteiger partial charge is 0.335 e. The van der Waals surface area contributed by atoms with Crippen molar-refractivity contribution < 1.29 is 23.1 Å². The highest BCUT2D eigenvalue weighted by atomic mass is 32.2. The van der Waals surface area contributed by atoms with Crippen LogP contribution in [0.2, 0.25) is 0 Å². The molecule has 0 radical (unpaired) electrons. The molecule has 0 spiro atoms. The monoisotopic (exact) mass is 501 g/mol. The lowest BCUT2D eigenvalue weighted by atomic mass is 9.82. The van der Waals surface area contributed by atoms with E-state index in [1.165, 1.54) is 47.6 Å². The second-order valence-corrected chi connectivity index (χ2v) is 10.8. The molecule has 2 aromatic carbocycles. The van der Waals surface area contributed by atoms with E-state index in [0.29, 0.717) is 17.0 Å². The first-order chi connectivity index (χ1) is 16.3. The van der Waals surface area contributed by atoms with Crippen molar-refractivity contribution in [3.63, 3.8) is 0 Å². The molecule has 0 amide bonds. The first-order valence-corrected chi connectivity index (χ1v) is 13.3. The SMILES string of the molecule is COc1cc(C(=O)O)ccc1NS(=O)(=O)c1csc(N2CCCC(C(C)c3ccccc3)C2)n1. The number of hydrogen-bond acceptors (Lipinski definition) is 7. The molecule has 180 valence electrons. The van der Waals surface area contributed by atoms with Crippen LogP contribution in [0.5, 0.6) is 5.75 Å². The zero-order chi connectivity index (χ0) is 24.3. The van der Waals surface area contributed by atoms with Gasteiger partial charge in [-0.3, -0.25) is 4.72 Å². The lowest BCUT2D eigenvalue weighted by molar-refractivity contribution is 0.0696. The van der Waals surface area contributed by atoms with Crippen LogP contribution in [0.1, 0.15) is 41.6 Å². The fraction of sp³-hybridized carbons (Fsp3) is 0.333. The minimum absolute atomic E-state index is 0.000117. The molecular formula is C24H27N3O5S2. The molecule has 1 aliphatic heterocycles. The molecule has 1 aromatic heterocycles. The first-order valence-electron chi connectivity index (χ1n) is 11.0. The van der Waals surface area contributed by atoms with Gasteiger partial charge in [-0.15, -0.1) is 11.3 Å². The number of sulfonamides is 1. The Labute approximate surface area is 203 Å². The molecular weight excluding hydrogens is 474 g/mol. The fourth-order valence-corrected chi connectivity index (χ4v) is 6.45. The third-order valence-electron chi connectivity index (χ3n) is 6.20. The van der Waals surface area contributed by atoms with Crippen LogP contribution in [-0.4, -0.2) is 44.7 Å². The number of carboxylic acid groups (broad SMARTS) is 1. The standard InChI is InChI=1S/C24H27N3O5S2/c1-16(17-7-4-3-5-8-17)19-9-6-12-27(14-19)24-25-22(15-33-24)34(30,31)26-20-11-10-18(23(28)29)13-21(20)32-2/h3-5,7-8,10-11,13,15-16,19,26H,6,9,12,14H2,1-2H3,(H,28,29). The van der Waals surface area contributed by atoms with Crippen molar-refractivity contribution in [2.24, 2.45) is 5.92 Å². The van der Waals surface area contributed by atoms with Crippen LogP contribution >= 0.6 is 11.3 Å². The number of methoxy groups -OCH3 is 1. The lowest BCUT2D eigenvalue weighted by Crippen LogP contribution is -2.37. The summed E-state index contributed by atoms with van der Waals surface area (Å²) < 4.78 is 33.6. The normalized spacial score (nSPS) is 17.2. The number of carboxylic acids is 1. The van der Waals surface area contributed by atoms with E-state index < -0.39 is 16.0 Å². The molecule has 8 nitrogen and oxygen atoms in total. The average Bonchev–Trinajstić information content (AvgIpc) is 3.36. The predicted molar refractivity (Wildman–Crippen MR) is 133 cm³/mol. The predicted octanol–water partition coefficient (Wildman–Crippen LogP) is 4.67. The Morgan fingerprint density at radius 2 is 2.03 bits per heavy atom. The number of benzene rings is 2. The lowest BCUT2D eigenvalue weighted by Gasteiger charge is -2.35. The summed E-state index contributed by atoms with van der Waals surface area (Å²) in [6, 6.07) is 14.4. The Kier molecular flexibility index (Phi) is 7.08. The summed E-state index contributed by atoms with van der Waals surface area (Å²) in [5.74, 6) is -0.156. The Balaban J connectivity index is 1.49. The molecule has 3 aromatic rings. The van der Waals surface area contributed by atoms with Gasteiger partial charge in [0, 0.05) is 18.5 Å². The van der Waals surface area contributed by atoms with Gasteiger partial charge in [-0.2, -0.15) is 8.42 Å². The van der Waals surface area contributed by atoms with Gasteiger partial charge in [0.1, 0.15) is 5.75 Å². The van der Waals surface area contributed by atoms with Crippen LogP contribution in [0.3, 0.4) is 0 Å². The van der Waals surface area contributed by atoms with Gasteiger partial charge in [0.25, 0.3) is 10.0 Å². The van der Waals surface area contributed by atoms with E-state index in [2.05, 4.69) is 45.8 Å². The molecule has 2 N–H and O–H groups in total. The van der Waals surface area contributed by atoms with Gasteiger partial charge in [0.15, 0.2) is 10.2 Å². The van der Waals surface area contributed by atoms with Gasteiger partial charge >= 0.3 is 5.97 Å². The summed E-state index contributed by atoms with van der Waals surface area (Å²) >= 11 is 1.31. The van der Waals surface area contributed by atoms with E-state index in [-0.39, 0.29) is 22.0 Å². The highest BCUT2D eigenvalue weighted by Crippen LogP contribution is 2.35. The van der Waals surface area contributed by atoms with Crippen LogP contribution < -0.4 is 14.4 Å². The molecule has 1 aliphatic rings. The fourth-order valence-electron chi connectivity index (χ4n) is 4.24. The minimum Gasteiger partial charge on any atom is -0.495 e. The van der Waals surface area contributed by atoms with Crippen molar-refractivity contribution in [3.05, 3.63) is 65.0 Å². The van der Waals surface area contributed by atoms with Gasteiger partial charge in [-0.25, -0.2) is 9.78 Å². The summed E-state index contributed by atoms with van der Waals surface area (Å²) in [6.45, 7) is 3.90. The van der Waals surface area contributed by atoms with E-state index in [1.807, 2.05) is 6.07 Å². The number of carbonyl (C=O) groups is 1. The summed E-state index contributed by atoms with van der Waals surface area (Å²) in [5, 5.41) is 11.3. The molecule has 34 heavy (non-hydrogen) atoms. The van der Waals surface area contributed by atoms with E-state index in [4.69, 9.17) is 9.84 Å². The van der Waals surface area contributed by atoms with Gasteiger partial charge < -0.3 is 14.7 Å². The molecule has 1 fully saturated rings. The Morgan fingerprint density at radius 1 is 1.26 bits per heavy atom. The molecule has 0 aliphatic carbocycles. The molecule has 2 unspecified atom stereocenters. The second kappa shape index (κ2) is 10.0.